The number of benzene rings is 3. The topological polar surface area (TPSA) is 13.1 Å². The van der Waals surface area contributed by atoms with Gasteiger partial charge in [-0.3, -0.25) is 0 Å². The van der Waals surface area contributed by atoms with E-state index < -0.39 is 0 Å². The molecule has 0 saturated heterocycles. The van der Waals surface area contributed by atoms with Gasteiger partial charge in [0.15, 0.2) is 0 Å². The van der Waals surface area contributed by atoms with E-state index in [9.17, 15) is 0 Å². The van der Waals surface area contributed by atoms with Gasteiger partial charge in [0.1, 0.15) is 11.3 Å². The molecule has 2 unspecified atom stereocenters. The third-order valence-electron chi connectivity index (χ3n) is 7.23. The van der Waals surface area contributed by atoms with Gasteiger partial charge >= 0.3 is 0 Å². The summed E-state index contributed by atoms with van der Waals surface area (Å²) in [5.74, 6) is 1.53. The summed E-state index contributed by atoms with van der Waals surface area (Å²) in [6.45, 7) is 2.32. The molecule has 34 heavy (non-hydrogen) atoms. The Balaban J connectivity index is 1.40. The van der Waals surface area contributed by atoms with Gasteiger partial charge in [0, 0.05) is 16.9 Å². The second-order valence-electron chi connectivity index (χ2n) is 9.27. The van der Waals surface area contributed by atoms with Crippen molar-refractivity contribution in [1.82, 2.24) is 0 Å². The zero-order chi connectivity index (χ0) is 22.9. The molecule has 0 spiro atoms. The Kier molecular flexibility index (Phi) is 5.39. The van der Waals surface area contributed by atoms with Crippen LogP contribution in [-0.2, 0) is 0 Å². The Morgan fingerprint density at radius 1 is 0.853 bits per heavy atom. The van der Waals surface area contributed by atoms with E-state index in [0.717, 1.165) is 24.2 Å². The fraction of sp³-hybridized carbons (Fsp3) is 0.152. The van der Waals surface area contributed by atoms with Crippen LogP contribution in [0.1, 0.15) is 59.6 Å². The molecular weight excluding hydrogens is 412 g/mol. The third kappa shape index (κ3) is 3.78. The maximum atomic E-state index is 6.43. The summed E-state index contributed by atoms with van der Waals surface area (Å²) in [5, 5.41) is 1.17. The van der Waals surface area contributed by atoms with Crippen molar-refractivity contribution in [3.05, 3.63) is 143 Å². The number of hydrogen-bond donors (Lipinski definition) is 0. The van der Waals surface area contributed by atoms with E-state index in [1.807, 2.05) is 6.07 Å². The van der Waals surface area contributed by atoms with E-state index in [4.69, 9.17) is 4.42 Å². The van der Waals surface area contributed by atoms with Gasteiger partial charge in [-0.15, -0.1) is 0 Å². The van der Waals surface area contributed by atoms with Crippen molar-refractivity contribution >= 4 is 22.6 Å². The molecule has 0 saturated carbocycles. The largest absolute Gasteiger partial charge is 0.459 e. The smallest absolute Gasteiger partial charge is 0.134 e. The standard InChI is InChI=1S/C33H28O/c1-23(24-10-4-2-5-11-24)25-16-18-26(19-17-25)28-20-21-30-29-14-8-9-15-32(29)34-33(30)31(22-28)27-12-6-3-7-13-27/h2-4,6-10,12-23,31H,5,11H2,1H3. The lowest BCUT2D eigenvalue weighted by atomic mass is 9.87. The van der Waals surface area contributed by atoms with E-state index in [1.54, 1.807) is 0 Å². The molecule has 3 aromatic carbocycles. The molecule has 0 radical (unpaired) electrons. The van der Waals surface area contributed by atoms with Crippen molar-refractivity contribution in [3.8, 4) is 0 Å². The summed E-state index contributed by atoms with van der Waals surface area (Å²) in [5.41, 5.74) is 8.72. The Hall–Kier alpha value is -3.84. The van der Waals surface area contributed by atoms with Gasteiger partial charge in [0.25, 0.3) is 0 Å². The van der Waals surface area contributed by atoms with Crippen LogP contribution >= 0.6 is 0 Å². The highest BCUT2D eigenvalue weighted by atomic mass is 16.3. The number of furan rings is 1. The van der Waals surface area contributed by atoms with Crippen LogP contribution in [0.2, 0.25) is 0 Å². The highest BCUT2D eigenvalue weighted by molar-refractivity contribution is 5.93. The molecule has 6 rings (SSSR count). The summed E-state index contributed by atoms with van der Waals surface area (Å²) >= 11 is 0. The van der Waals surface area contributed by atoms with Gasteiger partial charge in [0.2, 0.25) is 0 Å². The van der Waals surface area contributed by atoms with Crippen molar-refractivity contribution in [2.24, 2.45) is 0 Å². The minimum Gasteiger partial charge on any atom is -0.459 e. The quantitative estimate of drug-likeness (QED) is 0.308. The highest BCUT2D eigenvalue weighted by Crippen LogP contribution is 2.40. The second-order valence-corrected chi connectivity index (χ2v) is 9.27. The van der Waals surface area contributed by atoms with Crippen LogP contribution in [0.15, 0.2) is 119 Å². The Morgan fingerprint density at radius 3 is 2.44 bits per heavy atom. The zero-order valence-corrected chi connectivity index (χ0v) is 19.4. The molecule has 2 aliphatic rings. The van der Waals surface area contributed by atoms with Crippen molar-refractivity contribution in [2.45, 2.75) is 31.6 Å². The second kappa shape index (κ2) is 8.83. The average Bonchev–Trinajstić information content (AvgIpc) is 3.17. The summed E-state index contributed by atoms with van der Waals surface area (Å²) < 4.78 is 6.43. The monoisotopic (exact) mass is 440 g/mol. The van der Waals surface area contributed by atoms with Gasteiger partial charge in [-0.25, -0.2) is 0 Å². The normalized spacial score (nSPS) is 18.2. The first-order valence-electron chi connectivity index (χ1n) is 12.2. The first kappa shape index (κ1) is 20.7. The molecule has 0 aliphatic heterocycles. The number of rotatable bonds is 4. The Morgan fingerprint density at radius 2 is 1.65 bits per heavy atom. The third-order valence-corrected chi connectivity index (χ3v) is 7.23. The van der Waals surface area contributed by atoms with Crippen LogP contribution in [0.25, 0.3) is 22.6 Å². The maximum Gasteiger partial charge on any atom is 0.134 e. The summed E-state index contributed by atoms with van der Waals surface area (Å²) in [7, 11) is 0. The number of para-hydroxylation sites is 1. The molecule has 0 fully saturated rings. The number of hydrogen-bond acceptors (Lipinski definition) is 1. The molecule has 166 valence electrons. The van der Waals surface area contributed by atoms with Crippen LogP contribution < -0.4 is 0 Å². The van der Waals surface area contributed by atoms with E-state index in [-0.39, 0.29) is 5.92 Å². The lowest BCUT2D eigenvalue weighted by Gasteiger charge is -2.18. The molecule has 0 bridgehead atoms. The summed E-state index contributed by atoms with van der Waals surface area (Å²) in [6.07, 6.45) is 15.9. The molecule has 0 amide bonds. The molecule has 2 aliphatic carbocycles. The molecule has 1 heteroatoms. The van der Waals surface area contributed by atoms with Crippen molar-refractivity contribution in [1.29, 1.82) is 0 Å². The summed E-state index contributed by atoms with van der Waals surface area (Å²) in [4.78, 5) is 0. The van der Waals surface area contributed by atoms with Crippen LogP contribution in [0.3, 0.4) is 0 Å². The predicted octanol–water partition coefficient (Wildman–Crippen LogP) is 9.05. The Labute approximate surface area is 201 Å². The van der Waals surface area contributed by atoms with Crippen LogP contribution in [0, 0.1) is 0 Å². The van der Waals surface area contributed by atoms with Gasteiger partial charge in [-0.2, -0.15) is 0 Å². The highest BCUT2D eigenvalue weighted by Gasteiger charge is 2.24. The van der Waals surface area contributed by atoms with Crippen LogP contribution in [0.5, 0.6) is 0 Å². The molecule has 1 nitrogen and oxygen atoms in total. The SMILES string of the molecule is CC(C1=CC=CCC1)c1ccc(C2=CC(c3ccccc3)c3oc4ccccc4c3C=C2)cc1. The van der Waals surface area contributed by atoms with E-state index in [0.29, 0.717) is 5.92 Å². The first-order valence-corrected chi connectivity index (χ1v) is 12.2. The Bertz CT molecular complexity index is 1440. The fourth-order valence-corrected chi connectivity index (χ4v) is 5.23. The molecular formula is C33H28O. The van der Waals surface area contributed by atoms with Gasteiger partial charge in [-0.05, 0) is 41.2 Å². The zero-order valence-electron chi connectivity index (χ0n) is 19.4. The minimum absolute atomic E-state index is 0.0615. The fourth-order valence-electron chi connectivity index (χ4n) is 5.23. The molecule has 4 aromatic rings. The van der Waals surface area contributed by atoms with Crippen LogP contribution in [0.4, 0.5) is 0 Å². The van der Waals surface area contributed by atoms with E-state index in [1.165, 1.54) is 38.8 Å². The number of fused-ring (bicyclic) bond motifs is 3. The lowest BCUT2D eigenvalue weighted by Crippen LogP contribution is -2.00. The van der Waals surface area contributed by atoms with Crippen molar-refractivity contribution in [3.63, 3.8) is 0 Å². The van der Waals surface area contributed by atoms with Crippen molar-refractivity contribution < 1.29 is 4.42 Å². The molecule has 0 N–H and O–H groups in total. The van der Waals surface area contributed by atoms with Gasteiger partial charge < -0.3 is 4.42 Å². The minimum atomic E-state index is 0.0615. The van der Waals surface area contributed by atoms with Crippen molar-refractivity contribution in [2.75, 3.05) is 0 Å². The molecule has 1 heterocycles. The van der Waals surface area contributed by atoms with Gasteiger partial charge in [0.05, 0.1) is 5.92 Å². The van der Waals surface area contributed by atoms with Crippen LogP contribution in [-0.4, -0.2) is 0 Å². The first-order chi connectivity index (χ1) is 16.8. The average molecular weight is 441 g/mol. The summed E-state index contributed by atoms with van der Waals surface area (Å²) in [6, 6.07) is 28.1. The lowest BCUT2D eigenvalue weighted by molar-refractivity contribution is 0.545. The molecule has 1 aromatic heterocycles. The van der Waals surface area contributed by atoms with E-state index >= 15 is 0 Å². The molecule has 2 atom stereocenters. The van der Waals surface area contributed by atoms with Gasteiger partial charge in [-0.1, -0.05) is 122 Å². The van der Waals surface area contributed by atoms with E-state index in [2.05, 4.69) is 116 Å². The predicted molar refractivity (Wildman–Crippen MR) is 143 cm³/mol. The number of allylic oxidation sites excluding steroid dienone is 7. The maximum absolute atomic E-state index is 6.43.